The largest absolute Gasteiger partial charge is 0.547 e. The first-order valence-corrected chi connectivity index (χ1v) is 7.48. The second kappa shape index (κ2) is 8.96. The van der Waals surface area contributed by atoms with Gasteiger partial charge in [0.05, 0.1) is 12.0 Å². The molecule has 0 heterocycles. The Bertz CT molecular complexity index is 439. The summed E-state index contributed by atoms with van der Waals surface area (Å²) in [6.45, 7) is 10.5. The van der Waals surface area contributed by atoms with Crippen LogP contribution in [0.2, 0.25) is 0 Å². The topological polar surface area (TPSA) is 97.4 Å². The minimum atomic E-state index is -4.51. The quantitative estimate of drug-likeness (QED) is 0.207. The molecule has 21 heavy (non-hydrogen) atoms. The molecule has 0 aromatic rings. The van der Waals surface area contributed by atoms with Crippen LogP contribution in [0.15, 0.2) is 24.3 Å². The highest BCUT2D eigenvalue weighted by Crippen LogP contribution is 2.50. The zero-order valence-electron chi connectivity index (χ0n) is 11.8. The lowest BCUT2D eigenvalue weighted by Gasteiger charge is -2.15. The predicted molar refractivity (Wildman–Crippen MR) is 72.9 cm³/mol. The fraction of sp³-hybridized carbons (Fsp3) is 0.455. The van der Waals surface area contributed by atoms with Gasteiger partial charge in [0.25, 0.3) is 0 Å². The molecule has 8 nitrogen and oxygen atoms in total. The van der Waals surface area contributed by atoms with E-state index in [9.17, 15) is 14.2 Å². The minimum absolute atomic E-state index is 0.0220. The van der Waals surface area contributed by atoms with Crippen LogP contribution in [-0.4, -0.2) is 23.9 Å². The Morgan fingerprint density at radius 1 is 1.10 bits per heavy atom. The number of hydrogen-bond donors (Lipinski definition) is 0. The zero-order valence-corrected chi connectivity index (χ0v) is 13.4. The molecule has 0 aromatic carbocycles. The average Bonchev–Trinajstić information content (AvgIpc) is 2.39. The fourth-order valence-electron chi connectivity index (χ4n) is 0.551. The summed E-state index contributed by atoms with van der Waals surface area (Å²) < 4.78 is 25.3. The Morgan fingerprint density at radius 2 is 1.48 bits per heavy atom. The summed E-state index contributed by atoms with van der Waals surface area (Å²) in [5.74, 6) is -2.01. The zero-order chi connectivity index (χ0) is 16.6. The summed E-state index contributed by atoms with van der Waals surface area (Å²) in [6.07, 6.45) is 0. The van der Waals surface area contributed by atoms with E-state index < -0.39 is 25.1 Å². The molecular formula is C11H16ClO8P. The molecule has 0 fully saturated rings. The SMILES string of the molecule is C=C(C)C(=O)OOP(=O)(OCC(C)Cl)OOC(=O)C(=C)C. The van der Waals surface area contributed by atoms with Crippen molar-refractivity contribution in [2.45, 2.75) is 26.1 Å². The van der Waals surface area contributed by atoms with Gasteiger partial charge in [0.1, 0.15) is 0 Å². The van der Waals surface area contributed by atoms with Crippen molar-refractivity contribution in [3.8, 4) is 0 Å². The molecule has 0 spiro atoms. The number of hydrogen-bond acceptors (Lipinski definition) is 8. The van der Waals surface area contributed by atoms with Gasteiger partial charge in [-0.2, -0.15) is 0 Å². The van der Waals surface area contributed by atoms with Gasteiger partial charge in [0.2, 0.25) is 0 Å². The smallest absolute Gasteiger partial charge is 0.283 e. The van der Waals surface area contributed by atoms with E-state index in [1.54, 1.807) is 0 Å². The van der Waals surface area contributed by atoms with Gasteiger partial charge in [-0.15, -0.1) is 11.6 Å². The predicted octanol–water partition coefficient (Wildman–Crippen LogP) is 2.84. The summed E-state index contributed by atoms with van der Waals surface area (Å²) in [5, 5.41) is -0.556. The van der Waals surface area contributed by atoms with Crippen LogP contribution in [0.4, 0.5) is 0 Å². The number of carbonyl (C=O) groups excluding carboxylic acids is 2. The van der Waals surface area contributed by atoms with Gasteiger partial charge in [-0.3, -0.25) is 14.3 Å². The molecule has 0 saturated carbocycles. The van der Waals surface area contributed by atoms with Crippen LogP contribution < -0.4 is 0 Å². The molecule has 0 aromatic heterocycles. The molecule has 0 rings (SSSR count). The maximum Gasteiger partial charge on any atom is 0.547 e. The molecule has 120 valence electrons. The lowest BCUT2D eigenvalue weighted by atomic mass is 10.4. The van der Waals surface area contributed by atoms with Gasteiger partial charge < -0.3 is 0 Å². The Balaban J connectivity index is 4.72. The molecule has 0 amide bonds. The van der Waals surface area contributed by atoms with E-state index in [0.717, 1.165) is 0 Å². The second-order valence-electron chi connectivity index (χ2n) is 3.98. The number of rotatable bonds is 9. The number of halogens is 1. The third kappa shape index (κ3) is 8.64. The van der Waals surface area contributed by atoms with E-state index >= 15 is 0 Å². The first kappa shape index (κ1) is 19.8. The van der Waals surface area contributed by atoms with Crippen molar-refractivity contribution in [2.24, 2.45) is 0 Å². The van der Waals surface area contributed by atoms with Crippen molar-refractivity contribution in [1.29, 1.82) is 0 Å². The van der Waals surface area contributed by atoms with Crippen molar-refractivity contribution in [1.82, 2.24) is 0 Å². The molecular weight excluding hydrogens is 327 g/mol. The Kier molecular flexibility index (Phi) is 8.46. The third-order valence-corrected chi connectivity index (χ3v) is 2.67. The van der Waals surface area contributed by atoms with Crippen LogP contribution in [-0.2, 0) is 37.8 Å². The van der Waals surface area contributed by atoms with Crippen molar-refractivity contribution in [2.75, 3.05) is 6.61 Å². The average molecular weight is 343 g/mol. The number of phosphoric acid groups is 1. The van der Waals surface area contributed by atoms with Crippen molar-refractivity contribution in [3.63, 3.8) is 0 Å². The van der Waals surface area contributed by atoms with Crippen LogP contribution in [0.1, 0.15) is 20.8 Å². The standard InChI is InChI=1S/C11H16ClO8P/c1-7(2)10(13)17-19-21(15,16-6-9(5)12)20-18-11(14)8(3)4/h9H,1,3,6H2,2,4-5H3. The number of alkyl halides is 1. The second-order valence-corrected chi connectivity index (χ2v) is 6.17. The van der Waals surface area contributed by atoms with Gasteiger partial charge >= 0.3 is 19.8 Å². The van der Waals surface area contributed by atoms with Crippen LogP contribution in [0.3, 0.4) is 0 Å². The third-order valence-electron chi connectivity index (χ3n) is 1.57. The highest BCUT2D eigenvalue weighted by Gasteiger charge is 2.34. The maximum atomic E-state index is 12.0. The number of carbonyl (C=O) groups is 2. The van der Waals surface area contributed by atoms with Gasteiger partial charge in [0.15, 0.2) is 0 Å². The minimum Gasteiger partial charge on any atom is -0.283 e. The van der Waals surface area contributed by atoms with E-state index in [1.165, 1.54) is 20.8 Å². The summed E-state index contributed by atoms with van der Waals surface area (Å²) in [6, 6.07) is 0. The molecule has 10 heteroatoms. The molecule has 0 aliphatic heterocycles. The van der Waals surface area contributed by atoms with E-state index in [-0.39, 0.29) is 17.8 Å². The molecule has 0 N–H and O–H groups in total. The molecule has 0 aliphatic rings. The normalized spacial score (nSPS) is 12.4. The van der Waals surface area contributed by atoms with Crippen molar-refractivity contribution in [3.05, 3.63) is 24.3 Å². The van der Waals surface area contributed by atoms with Crippen LogP contribution >= 0.6 is 19.4 Å². The molecule has 1 unspecified atom stereocenters. The highest BCUT2D eigenvalue weighted by molar-refractivity contribution is 7.48. The van der Waals surface area contributed by atoms with Crippen molar-refractivity contribution >= 4 is 31.4 Å². The van der Waals surface area contributed by atoms with Crippen LogP contribution in [0.5, 0.6) is 0 Å². The van der Waals surface area contributed by atoms with Gasteiger partial charge in [-0.1, -0.05) is 22.5 Å². The molecule has 0 aliphatic carbocycles. The van der Waals surface area contributed by atoms with E-state index in [4.69, 9.17) is 16.1 Å². The molecule has 1 atom stereocenters. The highest BCUT2D eigenvalue weighted by atomic mass is 35.5. The lowest BCUT2D eigenvalue weighted by molar-refractivity contribution is -0.258. The summed E-state index contributed by atoms with van der Waals surface area (Å²) in [7, 11) is -4.51. The van der Waals surface area contributed by atoms with Crippen LogP contribution in [0, 0.1) is 0 Å². The maximum absolute atomic E-state index is 12.0. The van der Waals surface area contributed by atoms with Crippen molar-refractivity contribution < 1.29 is 37.8 Å². The van der Waals surface area contributed by atoms with Gasteiger partial charge in [-0.25, -0.2) is 14.2 Å². The molecule has 0 saturated heterocycles. The van der Waals surface area contributed by atoms with Gasteiger partial charge in [0, 0.05) is 11.1 Å². The molecule has 0 radical (unpaired) electrons. The fourth-order valence-corrected chi connectivity index (χ4v) is 1.54. The Labute approximate surface area is 127 Å². The van der Waals surface area contributed by atoms with E-state index in [2.05, 4.69) is 32.3 Å². The first-order valence-electron chi connectivity index (χ1n) is 5.58. The van der Waals surface area contributed by atoms with Gasteiger partial charge in [-0.05, 0) is 20.8 Å². The summed E-state index contributed by atoms with van der Waals surface area (Å²) in [5.41, 5.74) is -0.0441. The van der Waals surface area contributed by atoms with E-state index in [1.807, 2.05) is 0 Å². The lowest BCUT2D eigenvalue weighted by Crippen LogP contribution is -2.13. The monoisotopic (exact) mass is 342 g/mol. The Morgan fingerprint density at radius 3 is 1.76 bits per heavy atom. The van der Waals surface area contributed by atoms with E-state index in [0.29, 0.717) is 0 Å². The summed E-state index contributed by atoms with van der Waals surface area (Å²) >= 11 is 5.61. The summed E-state index contributed by atoms with van der Waals surface area (Å²) in [4.78, 5) is 30.7. The Hall–Kier alpha value is -1.18. The molecule has 0 bridgehead atoms. The first-order chi connectivity index (χ1) is 9.57. The van der Waals surface area contributed by atoms with Crippen LogP contribution in [0.25, 0.3) is 0 Å².